The third kappa shape index (κ3) is 2.36. The summed E-state index contributed by atoms with van der Waals surface area (Å²) in [6.45, 7) is 0. The number of benzene rings is 1. The number of carbonyl (C=O) groups excluding carboxylic acids is 1. The van der Waals surface area contributed by atoms with E-state index in [0.717, 1.165) is 0 Å². The van der Waals surface area contributed by atoms with Crippen LogP contribution in [0.3, 0.4) is 0 Å². The number of aromatic nitrogens is 2. The van der Waals surface area contributed by atoms with Gasteiger partial charge in [0.1, 0.15) is 5.82 Å². The molecule has 2 aliphatic rings. The van der Waals surface area contributed by atoms with Gasteiger partial charge in [-0.25, -0.2) is 4.79 Å². The first-order chi connectivity index (χ1) is 12.5. The molecule has 132 valence electrons. The summed E-state index contributed by atoms with van der Waals surface area (Å²) in [5, 5.41) is 14.5. The van der Waals surface area contributed by atoms with Crippen LogP contribution in [-0.4, -0.2) is 20.7 Å². The number of hydrogen-bond donors (Lipinski definition) is 3. The molecule has 0 spiro atoms. The van der Waals surface area contributed by atoms with Crippen LogP contribution in [0.1, 0.15) is 36.3 Å². The fourth-order valence-electron chi connectivity index (χ4n) is 3.70. The predicted octanol–water partition coefficient (Wildman–Crippen LogP) is 1.54. The first-order valence-electron chi connectivity index (χ1n) is 8.10. The highest BCUT2D eigenvalue weighted by Gasteiger charge is 2.40. The van der Waals surface area contributed by atoms with Gasteiger partial charge in [0.15, 0.2) is 5.78 Å². The maximum Gasteiger partial charge on any atom is 0.327 e. The van der Waals surface area contributed by atoms with E-state index in [9.17, 15) is 24.5 Å². The van der Waals surface area contributed by atoms with Gasteiger partial charge < -0.3 is 5.32 Å². The molecule has 1 aliphatic heterocycles. The molecule has 1 aromatic heterocycles. The number of aromatic amines is 2. The standard InChI is InChI=1S/C17H14N4O5/c22-11-7-3-5-9-13(11)12(8-4-1-2-6-10(8)21(25)26)14-15(18-9)19-17(24)20-16(14)23/h1-2,4,6,12H,3,5,7H2,(H3,18,19,20,23,24)/t12-/m1/s1. The van der Waals surface area contributed by atoms with Crippen molar-refractivity contribution in [3.63, 3.8) is 0 Å². The summed E-state index contributed by atoms with van der Waals surface area (Å²) in [4.78, 5) is 52.4. The summed E-state index contributed by atoms with van der Waals surface area (Å²) in [5.74, 6) is -0.884. The van der Waals surface area contributed by atoms with Crippen LogP contribution < -0.4 is 16.6 Å². The lowest BCUT2D eigenvalue weighted by Crippen LogP contribution is -2.36. The number of nitro benzene ring substituents is 1. The van der Waals surface area contributed by atoms with Crippen molar-refractivity contribution in [1.29, 1.82) is 0 Å². The minimum absolute atomic E-state index is 0.105. The molecule has 26 heavy (non-hydrogen) atoms. The van der Waals surface area contributed by atoms with E-state index in [1.807, 2.05) is 0 Å². The second kappa shape index (κ2) is 5.80. The fourth-order valence-corrected chi connectivity index (χ4v) is 3.70. The molecule has 0 saturated carbocycles. The van der Waals surface area contributed by atoms with Crippen LogP contribution in [0, 0.1) is 10.1 Å². The van der Waals surface area contributed by atoms with Gasteiger partial charge in [-0.15, -0.1) is 0 Å². The highest BCUT2D eigenvalue weighted by molar-refractivity contribution is 6.01. The number of ketones is 1. The Morgan fingerprint density at radius 2 is 1.85 bits per heavy atom. The number of hydrogen-bond acceptors (Lipinski definition) is 6. The van der Waals surface area contributed by atoms with E-state index >= 15 is 0 Å². The third-order valence-electron chi connectivity index (χ3n) is 4.73. The Balaban J connectivity index is 2.07. The van der Waals surface area contributed by atoms with Crippen LogP contribution in [0.25, 0.3) is 0 Å². The minimum atomic E-state index is -0.906. The Kier molecular flexibility index (Phi) is 3.57. The van der Waals surface area contributed by atoms with Crippen LogP contribution >= 0.6 is 0 Å². The van der Waals surface area contributed by atoms with Crippen LogP contribution in [0.4, 0.5) is 11.5 Å². The number of para-hydroxylation sites is 1. The molecular weight excluding hydrogens is 340 g/mol. The van der Waals surface area contributed by atoms with Gasteiger partial charge >= 0.3 is 5.69 Å². The van der Waals surface area contributed by atoms with E-state index < -0.39 is 22.1 Å². The van der Waals surface area contributed by atoms with Crippen molar-refractivity contribution >= 4 is 17.3 Å². The Morgan fingerprint density at radius 1 is 1.08 bits per heavy atom. The molecule has 9 heteroatoms. The zero-order valence-electron chi connectivity index (χ0n) is 13.5. The van der Waals surface area contributed by atoms with Gasteiger partial charge in [0.25, 0.3) is 11.2 Å². The van der Waals surface area contributed by atoms with Gasteiger partial charge in [-0.2, -0.15) is 0 Å². The lowest BCUT2D eigenvalue weighted by Gasteiger charge is -2.32. The average Bonchev–Trinajstić information content (AvgIpc) is 2.60. The van der Waals surface area contributed by atoms with Gasteiger partial charge in [-0.05, 0) is 12.8 Å². The minimum Gasteiger partial charge on any atom is -0.344 e. The zero-order chi connectivity index (χ0) is 18.4. The van der Waals surface area contributed by atoms with E-state index in [1.165, 1.54) is 18.2 Å². The summed E-state index contributed by atoms with van der Waals surface area (Å²) < 4.78 is 0. The van der Waals surface area contributed by atoms with Crippen molar-refractivity contribution in [3.8, 4) is 0 Å². The lowest BCUT2D eigenvalue weighted by molar-refractivity contribution is -0.385. The SMILES string of the molecule is O=C1CCCC2=C1[C@@H](c1ccccc1[N+](=O)[O-])c1c([nH]c(=O)[nH]c1=O)N2. The summed E-state index contributed by atoms with van der Waals surface area (Å²) >= 11 is 0. The Morgan fingerprint density at radius 3 is 2.62 bits per heavy atom. The Hall–Kier alpha value is -3.49. The third-order valence-corrected chi connectivity index (χ3v) is 4.73. The first-order valence-corrected chi connectivity index (χ1v) is 8.10. The number of Topliss-reactive ketones (excluding diaryl/α,β-unsaturated/α-hetero) is 1. The van der Waals surface area contributed by atoms with Gasteiger partial charge in [-0.3, -0.25) is 29.7 Å². The second-order valence-corrected chi connectivity index (χ2v) is 6.24. The Bertz CT molecular complexity index is 1090. The molecule has 0 amide bonds. The van der Waals surface area contributed by atoms with Crippen molar-refractivity contribution in [3.05, 3.63) is 77.6 Å². The molecule has 0 unspecified atom stereocenters. The number of fused-ring (bicyclic) bond motifs is 1. The molecule has 0 bridgehead atoms. The summed E-state index contributed by atoms with van der Waals surface area (Å²) in [5.41, 5.74) is -0.235. The van der Waals surface area contributed by atoms with E-state index in [-0.39, 0.29) is 28.4 Å². The molecule has 0 fully saturated rings. The maximum atomic E-state index is 12.6. The lowest BCUT2D eigenvalue weighted by atomic mass is 9.76. The number of carbonyl (C=O) groups is 1. The summed E-state index contributed by atoms with van der Waals surface area (Å²) in [7, 11) is 0. The fraction of sp³-hybridized carbons (Fsp3) is 0.235. The highest BCUT2D eigenvalue weighted by Crippen LogP contribution is 2.45. The number of nitrogens with zero attached hydrogens (tertiary/aromatic N) is 1. The quantitative estimate of drug-likeness (QED) is 0.552. The molecule has 4 rings (SSSR count). The van der Waals surface area contributed by atoms with Crippen LogP contribution in [0.5, 0.6) is 0 Å². The second-order valence-electron chi connectivity index (χ2n) is 6.24. The van der Waals surface area contributed by atoms with Gasteiger partial charge in [0.05, 0.1) is 16.4 Å². The van der Waals surface area contributed by atoms with E-state index in [2.05, 4.69) is 15.3 Å². The number of nitrogens with one attached hydrogen (secondary N) is 3. The van der Waals surface area contributed by atoms with Crippen LogP contribution in [0.2, 0.25) is 0 Å². The van der Waals surface area contributed by atoms with Crippen LogP contribution in [-0.2, 0) is 4.79 Å². The molecule has 3 N–H and O–H groups in total. The largest absolute Gasteiger partial charge is 0.344 e. The smallest absolute Gasteiger partial charge is 0.327 e. The van der Waals surface area contributed by atoms with Crippen molar-refractivity contribution in [2.75, 3.05) is 5.32 Å². The summed E-state index contributed by atoms with van der Waals surface area (Å²) in [6, 6.07) is 6.02. The van der Waals surface area contributed by atoms with Crippen LogP contribution in [0.15, 0.2) is 45.1 Å². The van der Waals surface area contributed by atoms with E-state index in [1.54, 1.807) is 6.07 Å². The maximum absolute atomic E-state index is 12.6. The molecule has 2 heterocycles. The highest BCUT2D eigenvalue weighted by atomic mass is 16.6. The van der Waals surface area contributed by atoms with Crippen molar-refractivity contribution in [1.82, 2.24) is 9.97 Å². The van der Waals surface area contributed by atoms with Gasteiger partial charge in [-0.1, -0.05) is 18.2 Å². The Labute approximate surface area is 145 Å². The predicted molar refractivity (Wildman–Crippen MR) is 92.1 cm³/mol. The molecule has 2 aromatic rings. The zero-order valence-corrected chi connectivity index (χ0v) is 13.5. The molecule has 0 radical (unpaired) electrons. The van der Waals surface area contributed by atoms with Crippen molar-refractivity contribution in [2.24, 2.45) is 0 Å². The van der Waals surface area contributed by atoms with Crippen molar-refractivity contribution in [2.45, 2.75) is 25.2 Å². The average molecular weight is 354 g/mol. The van der Waals surface area contributed by atoms with Crippen molar-refractivity contribution < 1.29 is 9.72 Å². The number of nitro groups is 1. The monoisotopic (exact) mass is 354 g/mol. The summed E-state index contributed by atoms with van der Waals surface area (Å²) in [6.07, 6.45) is 1.51. The van der Waals surface area contributed by atoms with E-state index in [4.69, 9.17) is 0 Å². The molecule has 1 atom stereocenters. The molecule has 1 aromatic carbocycles. The molecule has 1 aliphatic carbocycles. The van der Waals surface area contributed by atoms with Gasteiger partial charge in [0.2, 0.25) is 0 Å². The topological polar surface area (TPSA) is 138 Å². The number of anilines is 1. The number of allylic oxidation sites excluding steroid dienone is 2. The molecular formula is C17H14N4O5. The van der Waals surface area contributed by atoms with Gasteiger partial charge in [0, 0.05) is 29.3 Å². The number of H-pyrrole nitrogens is 2. The first kappa shape index (κ1) is 16.0. The van der Waals surface area contributed by atoms with E-state index in [0.29, 0.717) is 30.5 Å². The number of rotatable bonds is 2. The normalized spacial score (nSPS) is 18.8. The molecule has 0 saturated heterocycles. The molecule has 9 nitrogen and oxygen atoms in total.